The third kappa shape index (κ3) is 1.67. The number of allylic oxidation sites excluding steroid dienone is 1. The summed E-state index contributed by atoms with van der Waals surface area (Å²) in [5, 5.41) is 8.48. The molecule has 4 aliphatic carbocycles. The quantitative estimate of drug-likeness (QED) is 0.642. The van der Waals surface area contributed by atoms with E-state index in [0.29, 0.717) is 35.2 Å². The van der Waals surface area contributed by atoms with Gasteiger partial charge in [0, 0.05) is 23.5 Å². The molecule has 2 nitrogen and oxygen atoms in total. The number of fused-ring (bicyclic) bond motifs is 5. The predicted molar refractivity (Wildman–Crippen MR) is 89.0 cm³/mol. The Morgan fingerprint density at radius 3 is 2.73 bits per heavy atom. The van der Waals surface area contributed by atoms with Crippen LogP contribution in [0.2, 0.25) is 0 Å². The lowest BCUT2D eigenvalue weighted by Gasteiger charge is -2.60. The Hall–Kier alpha value is -0.920. The third-order valence-corrected chi connectivity index (χ3v) is 8.09. The van der Waals surface area contributed by atoms with Crippen LogP contribution in [0.1, 0.15) is 65.2 Å². The number of carbonyl (C=O) groups is 1. The van der Waals surface area contributed by atoms with Crippen LogP contribution in [-0.4, -0.2) is 11.5 Å². The monoisotopic (exact) mass is 299 g/mol. The zero-order valence-corrected chi connectivity index (χ0v) is 14.1. The minimum Gasteiger partial charge on any atom is -0.309 e. The topological polar surface area (TPSA) is 40.9 Å². The Kier molecular flexibility index (Phi) is 3.03. The van der Waals surface area contributed by atoms with E-state index in [1.54, 1.807) is 0 Å². The Morgan fingerprint density at radius 2 is 1.95 bits per heavy atom. The van der Waals surface area contributed by atoms with E-state index in [-0.39, 0.29) is 11.3 Å². The molecule has 2 heteroatoms. The first kappa shape index (κ1) is 14.7. The van der Waals surface area contributed by atoms with Crippen molar-refractivity contribution in [1.82, 2.24) is 0 Å². The van der Waals surface area contributed by atoms with Gasteiger partial charge in [-0.1, -0.05) is 38.8 Å². The summed E-state index contributed by atoms with van der Waals surface area (Å²) in [6.07, 6.45) is 9.15. The SMILES string of the molecule is C=C1C[C@H]2CCCC[C@]2(C)[C@H]2CC[C@]3(C)C(=O)CC(=N)[C@H]3[C@H]12. The van der Waals surface area contributed by atoms with Crippen LogP contribution >= 0.6 is 0 Å². The van der Waals surface area contributed by atoms with E-state index in [1.807, 2.05) is 0 Å². The van der Waals surface area contributed by atoms with E-state index in [2.05, 4.69) is 20.4 Å². The van der Waals surface area contributed by atoms with Crippen molar-refractivity contribution in [2.75, 3.05) is 0 Å². The van der Waals surface area contributed by atoms with Crippen molar-refractivity contribution < 1.29 is 4.79 Å². The van der Waals surface area contributed by atoms with Crippen molar-refractivity contribution in [3.63, 3.8) is 0 Å². The van der Waals surface area contributed by atoms with Gasteiger partial charge in [-0.3, -0.25) is 4.79 Å². The highest BCUT2D eigenvalue weighted by Gasteiger charge is 2.62. The fourth-order valence-corrected chi connectivity index (χ4v) is 6.78. The van der Waals surface area contributed by atoms with Gasteiger partial charge in [0.15, 0.2) is 0 Å². The molecule has 0 aliphatic heterocycles. The Morgan fingerprint density at radius 1 is 1.18 bits per heavy atom. The van der Waals surface area contributed by atoms with Gasteiger partial charge in [-0.25, -0.2) is 0 Å². The smallest absolute Gasteiger partial charge is 0.145 e. The first-order valence-electron chi connectivity index (χ1n) is 9.16. The van der Waals surface area contributed by atoms with Crippen LogP contribution in [0.5, 0.6) is 0 Å². The van der Waals surface area contributed by atoms with Crippen LogP contribution in [-0.2, 0) is 4.79 Å². The van der Waals surface area contributed by atoms with Gasteiger partial charge in [0.25, 0.3) is 0 Å². The molecule has 4 aliphatic rings. The molecule has 0 bridgehead atoms. The van der Waals surface area contributed by atoms with Crippen LogP contribution in [0.15, 0.2) is 12.2 Å². The van der Waals surface area contributed by atoms with E-state index in [4.69, 9.17) is 5.41 Å². The number of Topliss-reactive ketones (excluding diaryl/α,β-unsaturated/α-hetero) is 1. The maximum atomic E-state index is 12.5. The van der Waals surface area contributed by atoms with Gasteiger partial charge >= 0.3 is 0 Å². The fraction of sp³-hybridized carbons (Fsp3) is 0.800. The highest BCUT2D eigenvalue weighted by atomic mass is 16.1. The molecular weight excluding hydrogens is 270 g/mol. The van der Waals surface area contributed by atoms with Crippen molar-refractivity contribution in [2.45, 2.75) is 65.2 Å². The summed E-state index contributed by atoms with van der Waals surface area (Å²) >= 11 is 0. The molecule has 0 unspecified atom stereocenters. The fourth-order valence-electron chi connectivity index (χ4n) is 6.78. The van der Waals surface area contributed by atoms with Crippen molar-refractivity contribution in [3.05, 3.63) is 12.2 Å². The zero-order chi connectivity index (χ0) is 15.7. The molecule has 22 heavy (non-hydrogen) atoms. The van der Waals surface area contributed by atoms with E-state index in [0.717, 1.165) is 18.8 Å². The normalized spacial score (nSPS) is 51.3. The summed E-state index contributed by atoms with van der Waals surface area (Å²) in [7, 11) is 0. The Balaban J connectivity index is 1.77. The van der Waals surface area contributed by atoms with Crippen LogP contribution < -0.4 is 0 Å². The molecule has 0 heterocycles. The average Bonchev–Trinajstić information content (AvgIpc) is 2.70. The summed E-state index contributed by atoms with van der Waals surface area (Å²) in [5.41, 5.74) is 2.24. The summed E-state index contributed by atoms with van der Waals surface area (Å²) < 4.78 is 0. The summed E-state index contributed by atoms with van der Waals surface area (Å²) in [6.45, 7) is 9.12. The molecule has 0 radical (unpaired) electrons. The zero-order valence-electron chi connectivity index (χ0n) is 14.1. The molecule has 0 saturated heterocycles. The van der Waals surface area contributed by atoms with Gasteiger partial charge in [-0.2, -0.15) is 0 Å². The standard InChI is InChI=1S/C20H29NO/c1-12-10-13-6-4-5-8-19(13,2)14-7-9-20(3)16(22)11-15(21)18(20)17(12)14/h13-14,17-18,21H,1,4-11H2,2-3H3/t13-,14+,17-,18+,19+,20-/m1/s1. The molecular formula is C20H29NO. The van der Waals surface area contributed by atoms with Gasteiger partial charge in [0.2, 0.25) is 0 Å². The lowest BCUT2D eigenvalue weighted by Crippen LogP contribution is -2.54. The second kappa shape index (κ2) is 4.55. The maximum Gasteiger partial charge on any atom is 0.145 e. The third-order valence-electron chi connectivity index (χ3n) is 8.09. The van der Waals surface area contributed by atoms with Gasteiger partial charge < -0.3 is 5.41 Å². The number of nitrogens with one attached hydrogen (secondary N) is 1. The molecule has 0 spiro atoms. The maximum absolute atomic E-state index is 12.5. The van der Waals surface area contributed by atoms with Gasteiger partial charge in [-0.15, -0.1) is 0 Å². The Labute approximate surface area is 134 Å². The minimum atomic E-state index is -0.265. The van der Waals surface area contributed by atoms with Crippen LogP contribution in [0.4, 0.5) is 0 Å². The number of ketones is 1. The van der Waals surface area contributed by atoms with E-state index in [9.17, 15) is 4.79 Å². The average molecular weight is 299 g/mol. The molecule has 4 fully saturated rings. The summed E-state index contributed by atoms with van der Waals surface area (Å²) in [6, 6.07) is 0. The van der Waals surface area contributed by atoms with Gasteiger partial charge in [0.1, 0.15) is 5.78 Å². The van der Waals surface area contributed by atoms with E-state index < -0.39 is 0 Å². The first-order valence-corrected chi connectivity index (χ1v) is 9.16. The van der Waals surface area contributed by atoms with Crippen LogP contribution in [0, 0.1) is 39.9 Å². The van der Waals surface area contributed by atoms with Crippen molar-refractivity contribution in [2.24, 2.45) is 34.5 Å². The number of hydrogen-bond donors (Lipinski definition) is 1. The highest BCUT2D eigenvalue weighted by Crippen LogP contribution is 2.65. The van der Waals surface area contributed by atoms with Gasteiger partial charge in [-0.05, 0) is 55.3 Å². The van der Waals surface area contributed by atoms with E-state index in [1.165, 1.54) is 37.7 Å². The lowest BCUT2D eigenvalue weighted by molar-refractivity contribution is -0.133. The summed E-state index contributed by atoms with van der Waals surface area (Å²) in [5.74, 6) is 2.33. The minimum absolute atomic E-state index is 0.158. The molecule has 4 rings (SSSR count). The lowest BCUT2D eigenvalue weighted by atomic mass is 9.44. The van der Waals surface area contributed by atoms with Crippen molar-refractivity contribution in [3.8, 4) is 0 Å². The molecule has 120 valence electrons. The molecule has 0 amide bonds. The number of hydrogen-bond acceptors (Lipinski definition) is 2. The number of carbonyl (C=O) groups excluding carboxylic acids is 1. The van der Waals surface area contributed by atoms with Crippen LogP contribution in [0.3, 0.4) is 0 Å². The second-order valence-corrected chi connectivity index (χ2v) is 9.00. The Bertz CT molecular complexity index is 564. The summed E-state index contributed by atoms with van der Waals surface area (Å²) in [4.78, 5) is 12.5. The molecule has 0 aromatic rings. The molecule has 1 N–H and O–H groups in total. The molecule has 6 atom stereocenters. The largest absolute Gasteiger partial charge is 0.309 e. The second-order valence-electron chi connectivity index (χ2n) is 9.00. The van der Waals surface area contributed by atoms with Crippen LogP contribution in [0.25, 0.3) is 0 Å². The molecule has 4 saturated carbocycles. The van der Waals surface area contributed by atoms with Gasteiger partial charge in [0.05, 0.1) is 0 Å². The van der Waals surface area contributed by atoms with Crippen molar-refractivity contribution >= 4 is 11.5 Å². The highest BCUT2D eigenvalue weighted by molar-refractivity contribution is 6.12. The molecule has 0 aromatic carbocycles. The van der Waals surface area contributed by atoms with Crippen molar-refractivity contribution in [1.29, 1.82) is 5.41 Å². The first-order chi connectivity index (χ1) is 10.4. The van der Waals surface area contributed by atoms with E-state index >= 15 is 0 Å². The molecule has 0 aromatic heterocycles. The number of rotatable bonds is 0. The predicted octanol–water partition coefficient (Wildman–Crippen LogP) is 4.78.